The van der Waals surface area contributed by atoms with Gasteiger partial charge in [-0.2, -0.15) is 0 Å². The quantitative estimate of drug-likeness (QED) is 0.684. The van der Waals surface area contributed by atoms with Crippen molar-refractivity contribution in [3.8, 4) is 0 Å². The van der Waals surface area contributed by atoms with E-state index < -0.39 is 0 Å². The first kappa shape index (κ1) is 11.7. The molecule has 0 unspecified atom stereocenters. The lowest BCUT2D eigenvalue weighted by Gasteiger charge is -2.22. The number of hydrogen-bond acceptors (Lipinski definition) is 5. The van der Waals surface area contributed by atoms with Gasteiger partial charge in [-0.25, -0.2) is 9.97 Å². The summed E-state index contributed by atoms with van der Waals surface area (Å²) in [5.74, 6) is 1.78. The molecular weight excluding hydrogens is 192 g/mol. The molecule has 0 bridgehead atoms. The second kappa shape index (κ2) is 4.44. The minimum atomic E-state index is -0.173. The molecule has 84 valence electrons. The number of nitrogens with zero attached hydrogens (tertiary/aromatic N) is 2. The molecule has 0 spiro atoms. The summed E-state index contributed by atoms with van der Waals surface area (Å²) >= 11 is 0. The van der Waals surface area contributed by atoms with Gasteiger partial charge < -0.3 is 16.2 Å². The van der Waals surface area contributed by atoms with Crippen molar-refractivity contribution in [3.63, 3.8) is 0 Å². The molecule has 0 saturated heterocycles. The van der Waals surface area contributed by atoms with Crippen LogP contribution in [0.5, 0.6) is 0 Å². The zero-order valence-corrected chi connectivity index (χ0v) is 9.41. The Hall–Kier alpha value is -1.36. The van der Waals surface area contributed by atoms with Crippen molar-refractivity contribution in [1.29, 1.82) is 0 Å². The molecule has 1 aromatic rings. The molecule has 0 aromatic carbocycles. The lowest BCUT2D eigenvalue weighted by molar-refractivity contribution is 0.170. The van der Waals surface area contributed by atoms with Gasteiger partial charge in [0, 0.05) is 24.6 Å². The Bertz CT molecular complexity index is 318. The van der Waals surface area contributed by atoms with Crippen LogP contribution < -0.4 is 11.1 Å². The summed E-state index contributed by atoms with van der Waals surface area (Å²) in [6, 6.07) is 1.68. The lowest BCUT2D eigenvalue weighted by atomic mass is 9.95. The van der Waals surface area contributed by atoms with E-state index >= 15 is 0 Å². The van der Waals surface area contributed by atoms with Crippen LogP contribution in [0.15, 0.2) is 6.07 Å². The van der Waals surface area contributed by atoms with Gasteiger partial charge in [-0.05, 0) is 6.92 Å². The molecule has 0 radical (unpaired) electrons. The highest BCUT2D eigenvalue weighted by Crippen LogP contribution is 2.15. The van der Waals surface area contributed by atoms with Crippen molar-refractivity contribution >= 4 is 11.6 Å². The fourth-order valence-corrected chi connectivity index (χ4v) is 1.07. The number of nitrogens with two attached hydrogens (primary N) is 1. The number of nitrogens with one attached hydrogen (secondary N) is 1. The fraction of sp³-hybridized carbons (Fsp3) is 0.600. The summed E-state index contributed by atoms with van der Waals surface area (Å²) in [4.78, 5) is 8.16. The summed E-state index contributed by atoms with van der Waals surface area (Å²) in [5, 5.41) is 12.2. The highest BCUT2D eigenvalue weighted by atomic mass is 16.3. The van der Waals surface area contributed by atoms with Gasteiger partial charge in [0.2, 0.25) is 0 Å². The van der Waals surface area contributed by atoms with Crippen molar-refractivity contribution in [1.82, 2.24) is 9.97 Å². The summed E-state index contributed by atoms with van der Waals surface area (Å²) in [6.07, 6.45) is 0. The van der Waals surface area contributed by atoms with Crippen molar-refractivity contribution in [2.24, 2.45) is 5.41 Å². The molecule has 0 aliphatic heterocycles. The maximum Gasteiger partial charge on any atom is 0.131 e. The van der Waals surface area contributed by atoms with E-state index in [1.807, 2.05) is 13.8 Å². The van der Waals surface area contributed by atoms with E-state index in [0.29, 0.717) is 24.0 Å². The Morgan fingerprint density at radius 2 is 2.13 bits per heavy atom. The molecule has 0 saturated carbocycles. The molecule has 0 atom stereocenters. The molecule has 0 fully saturated rings. The Balaban J connectivity index is 2.65. The first-order valence-electron chi connectivity index (χ1n) is 4.89. The van der Waals surface area contributed by atoms with Gasteiger partial charge in [0.05, 0.1) is 0 Å². The Morgan fingerprint density at radius 1 is 1.47 bits per heavy atom. The Morgan fingerprint density at radius 3 is 2.67 bits per heavy atom. The third-order valence-corrected chi connectivity index (χ3v) is 2.03. The molecule has 15 heavy (non-hydrogen) atoms. The van der Waals surface area contributed by atoms with E-state index in [9.17, 15) is 0 Å². The minimum Gasteiger partial charge on any atom is -0.396 e. The van der Waals surface area contributed by atoms with Gasteiger partial charge in [0.25, 0.3) is 0 Å². The average molecular weight is 210 g/mol. The van der Waals surface area contributed by atoms with Crippen LogP contribution in [0.1, 0.15) is 19.7 Å². The number of aliphatic hydroxyl groups is 1. The molecule has 1 rings (SSSR count). The van der Waals surface area contributed by atoms with Crippen molar-refractivity contribution in [2.75, 3.05) is 24.2 Å². The maximum absolute atomic E-state index is 9.08. The first-order valence-corrected chi connectivity index (χ1v) is 4.89. The molecule has 1 aromatic heterocycles. The topological polar surface area (TPSA) is 84.1 Å². The fourth-order valence-electron chi connectivity index (χ4n) is 1.07. The van der Waals surface area contributed by atoms with Crippen molar-refractivity contribution in [2.45, 2.75) is 20.8 Å². The molecule has 0 aliphatic carbocycles. The maximum atomic E-state index is 9.08. The van der Waals surface area contributed by atoms with Crippen molar-refractivity contribution in [3.05, 3.63) is 11.9 Å². The van der Waals surface area contributed by atoms with E-state index in [4.69, 9.17) is 10.8 Å². The molecule has 1 heterocycles. The summed E-state index contributed by atoms with van der Waals surface area (Å²) < 4.78 is 0. The predicted octanol–water partition coefficient (Wildman–Crippen LogP) is 0.798. The number of aliphatic hydroxyl groups excluding tert-OH is 1. The molecule has 0 aliphatic rings. The lowest BCUT2D eigenvalue weighted by Crippen LogP contribution is -2.27. The SMILES string of the molecule is Cc1nc(N)cc(NCC(C)(C)CO)n1. The van der Waals surface area contributed by atoms with Crippen LogP contribution in [-0.2, 0) is 0 Å². The van der Waals surface area contributed by atoms with Crippen LogP contribution >= 0.6 is 0 Å². The van der Waals surface area contributed by atoms with E-state index in [2.05, 4.69) is 15.3 Å². The second-order valence-corrected chi connectivity index (χ2v) is 4.40. The smallest absolute Gasteiger partial charge is 0.131 e. The van der Waals surface area contributed by atoms with Crippen molar-refractivity contribution < 1.29 is 5.11 Å². The zero-order chi connectivity index (χ0) is 11.5. The summed E-state index contributed by atoms with van der Waals surface area (Å²) in [5.41, 5.74) is 5.42. The average Bonchev–Trinajstić information content (AvgIpc) is 2.14. The summed E-state index contributed by atoms with van der Waals surface area (Å²) in [7, 11) is 0. The second-order valence-electron chi connectivity index (χ2n) is 4.40. The van der Waals surface area contributed by atoms with Crippen LogP contribution in [0.4, 0.5) is 11.6 Å². The van der Waals surface area contributed by atoms with Crippen LogP contribution in [-0.4, -0.2) is 28.2 Å². The number of nitrogen functional groups attached to an aromatic ring is 1. The van der Waals surface area contributed by atoms with Crippen LogP contribution in [0.3, 0.4) is 0 Å². The first-order chi connectivity index (χ1) is 6.93. The van der Waals surface area contributed by atoms with Gasteiger partial charge in [-0.1, -0.05) is 13.8 Å². The van der Waals surface area contributed by atoms with E-state index in [1.54, 1.807) is 13.0 Å². The van der Waals surface area contributed by atoms with Gasteiger partial charge in [-0.3, -0.25) is 0 Å². The van der Waals surface area contributed by atoms with Crippen LogP contribution in [0.2, 0.25) is 0 Å². The van der Waals surface area contributed by atoms with E-state index in [1.165, 1.54) is 0 Å². The number of anilines is 2. The summed E-state index contributed by atoms with van der Waals surface area (Å²) in [6.45, 7) is 6.49. The highest BCUT2D eigenvalue weighted by Gasteiger charge is 2.16. The van der Waals surface area contributed by atoms with E-state index in [-0.39, 0.29) is 12.0 Å². The minimum absolute atomic E-state index is 0.125. The van der Waals surface area contributed by atoms with Gasteiger partial charge in [-0.15, -0.1) is 0 Å². The number of rotatable bonds is 4. The normalized spacial score (nSPS) is 11.5. The standard InChI is InChI=1S/C10H18N4O/c1-7-13-8(11)4-9(14-7)12-5-10(2,3)6-15/h4,15H,5-6H2,1-3H3,(H3,11,12,13,14). The van der Waals surface area contributed by atoms with Crippen LogP contribution in [0.25, 0.3) is 0 Å². The Kier molecular flexibility index (Phi) is 3.47. The molecular formula is C10H18N4O. The van der Waals surface area contributed by atoms with E-state index in [0.717, 1.165) is 0 Å². The number of aryl methyl sites for hydroxylation is 1. The predicted molar refractivity (Wildman–Crippen MR) is 60.5 cm³/mol. The molecule has 5 nitrogen and oxygen atoms in total. The molecule has 5 heteroatoms. The zero-order valence-electron chi connectivity index (χ0n) is 9.41. The van der Waals surface area contributed by atoms with Gasteiger partial charge >= 0.3 is 0 Å². The molecule has 4 N–H and O–H groups in total. The largest absolute Gasteiger partial charge is 0.396 e. The molecule has 0 amide bonds. The third kappa shape index (κ3) is 3.71. The monoisotopic (exact) mass is 210 g/mol. The van der Waals surface area contributed by atoms with Crippen LogP contribution in [0, 0.1) is 12.3 Å². The number of hydrogen-bond donors (Lipinski definition) is 3. The Labute approximate surface area is 89.7 Å². The third-order valence-electron chi connectivity index (χ3n) is 2.03. The highest BCUT2D eigenvalue weighted by molar-refractivity contribution is 5.44. The number of aromatic nitrogens is 2. The van der Waals surface area contributed by atoms with Gasteiger partial charge in [0.1, 0.15) is 17.5 Å². The van der Waals surface area contributed by atoms with Gasteiger partial charge in [0.15, 0.2) is 0 Å².